The highest BCUT2D eigenvalue weighted by molar-refractivity contribution is 7.86. The van der Waals surface area contributed by atoms with E-state index in [1.54, 1.807) is 12.1 Å². The van der Waals surface area contributed by atoms with E-state index in [0.29, 0.717) is 47.3 Å². The van der Waals surface area contributed by atoms with Crippen molar-refractivity contribution in [2.45, 2.75) is 37.0 Å². The number of rotatable bonds is 6. The van der Waals surface area contributed by atoms with Gasteiger partial charge in [0.1, 0.15) is 17.1 Å². The second kappa shape index (κ2) is 8.64. The number of nitrogens with one attached hydrogen (secondary N) is 1. The van der Waals surface area contributed by atoms with Gasteiger partial charge in [-0.15, -0.1) is 0 Å². The summed E-state index contributed by atoms with van der Waals surface area (Å²) < 4.78 is 36.5. The lowest BCUT2D eigenvalue weighted by atomic mass is 9.76. The predicted octanol–water partition coefficient (Wildman–Crippen LogP) is 4.11. The van der Waals surface area contributed by atoms with Crippen molar-refractivity contribution >= 4 is 22.6 Å². The van der Waals surface area contributed by atoms with Crippen LogP contribution in [0, 0.1) is 29.5 Å². The highest BCUT2D eigenvalue weighted by atomic mass is 32.2. The minimum absolute atomic E-state index is 0.0215. The Morgan fingerprint density at radius 3 is 2.74 bits per heavy atom. The average Bonchev–Trinajstić information content (AvgIpc) is 3.58. The molecule has 2 aromatic carbocycles. The summed E-state index contributed by atoms with van der Waals surface area (Å²) >= 11 is 0. The smallest absolute Gasteiger partial charge is 0.341 e. The van der Waals surface area contributed by atoms with E-state index in [2.05, 4.69) is 9.62 Å². The third-order valence-corrected chi connectivity index (χ3v) is 9.35. The van der Waals surface area contributed by atoms with E-state index in [4.69, 9.17) is 4.74 Å². The van der Waals surface area contributed by atoms with Crippen molar-refractivity contribution in [3.63, 3.8) is 0 Å². The van der Waals surface area contributed by atoms with Crippen LogP contribution in [-0.2, 0) is 23.8 Å². The molecule has 0 aromatic heterocycles. The lowest BCUT2D eigenvalue weighted by Crippen LogP contribution is -2.48. The third-order valence-electron chi connectivity index (χ3n) is 8.14. The summed E-state index contributed by atoms with van der Waals surface area (Å²) in [6.45, 7) is 3.77. The molecule has 5 aliphatic rings. The zero-order valence-electron chi connectivity index (χ0n) is 19.0. The molecule has 6 nitrogen and oxygen atoms in total. The molecule has 0 amide bonds. The molecule has 7 rings (SSSR count). The van der Waals surface area contributed by atoms with Crippen molar-refractivity contribution in [2.24, 2.45) is 23.7 Å². The van der Waals surface area contributed by atoms with Gasteiger partial charge in [-0.2, -0.15) is 0 Å². The largest absolute Gasteiger partial charge is 0.492 e. The maximum atomic E-state index is 14.2. The van der Waals surface area contributed by atoms with Crippen LogP contribution in [0.2, 0.25) is 0 Å². The number of piperidine rings is 3. The molecule has 2 bridgehead atoms. The molecule has 2 N–H and O–H groups in total. The molecule has 4 atom stereocenters. The van der Waals surface area contributed by atoms with Crippen LogP contribution in [0.3, 0.4) is 0 Å². The van der Waals surface area contributed by atoms with Gasteiger partial charge < -0.3 is 19.5 Å². The maximum Gasteiger partial charge on any atom is 0.341 e. The lowest BCUT2D eigenvalue weighted by molar-refractivity contribution is 0.0509. The van der Waals surface area contributed by atoms with Crippen LogP contribution >= 0.6 is 0 Å². The summed E-state index contributed by atoms with van der Waals surface area (Å²) in [6, 6.07) is 7.92. The van der Waals surface area contributed by atoms with Gasteiger partial charge in [-0.3, -0.25) is 0 Å². The summed E-state index contributed by atoms with van der Waals surface area (Å²) in [5, 5.41) is 9.97. The van der Waals surface area contributed by atoms with Crippen molar-refractivity contribution in [3.8, 4) is 5.75 Å². The number of hydrogen-bond donors (Lipinski definition) is 2. The van der Waals surface area contributed by atoms with Gasteiger partial charge in [0.15, 0.2) is 11.0 Å². The molecule has 1 saturated carbocycles. The number of carbonyl (C=O) groups is 1. The topological polar surface area (TPSA) is 78.9 Å². The Labute approximate surface area is 201 Å². The first-order chi connectivity index (χ1) is 16.5. The first-order valence-corrected chi connectivity index (χ1v) is 13.3. The molecule has 180 valence electrons. The Kier molecular flexibility index (Phi) is 5.60. The summed E-state index contributed by atoms with van der Waals surface area (Å²) in [5.74, 6) is 1.01. The van der Waals surface area contributed by atoms with Crippen LogP contribution in [0.15, 0.2) is 35.2 Å². The molecule has 0 spiro atoms. The quantitative estimate of drug-likeness (QED) is 0.645. The number of aromatic carboxylic acids is 1. The van der Waals surface area contributed by atoms with E-state index in [-0.39, 0.29) is 17.1 Å². The van der Waals surface area contributed by atoms with E-state index < -0.39 is 17.0 Å². The van der Waals surface area contributed by atoms with Gasteiger partial charge in [0.2, 0.25) is 0 Å². The number of benzene rings is 2. The highest BCUT2D eigenvalue weighted by Gasteiger charge is 2.41. The summed E-state index contributed by atoms with van der Waals surface area (Å²) in [6.07, 6.45) is 4.93. The third kappa shape index (κ3) is 4.11. The number of anilines is 1. The normalized spacial score (nSPS) is 29.9. The molecule has 3 saturated heterocycles. The van der Waals surface area contributed by atoms with Gasteiger partial charge in [-0.05, 0) is 104 Å². The van der Waals surface area contributed by atoms with Crippen LogP contribution in [0.1, 0.15) is 40.7 Å². The standard InChI is InChI=1S/C26H29FN2O4S/c27-21-2-4-23(18(12-21)11-19-13-29-7-5-15(19)6-8-29)34(32)28-22-3-1-16-9-17-10-20(17)14-33-25(16)24(22)26(30)31/h1-4,12,15,17,19-20,28H,5-11,13-14H2,(H,30,31)/t17?,19?,20-,34?/m1/s1. The van der Waals surface area contributed by atoms with Gasteiger partial charge in [0.25, 0.3) is 0 Å². The van der Waals surface area contributed by atoms with Crippen molar-refractivity contribution in [1.82, 2.24) is 4.90 Å². The molecule has 3 unspecified atom stereocenters. The fourth-order valence-electron chi connectivity index (χ4n) is 6.13. The zero-order chi connectivity index (χ0) is 23.4. The number of hydrogen-bond acceptors (Lipinski definition) is 4. The van der Waals surface area contributed by atoms with Gasteiger partial charge in [0, 0.05) is 6.54 Å². The Morgan fingerprint density at radius 2 is 2.00 bits per heavy atom. The summed E-state index contributed by atoms with van der Waals surface area (Å²) in [5.41, 5.74) is 1.91. The fourth-order valence-corrected chi connectivity index (χ4v) is 7.18. The molecular weight excluding hydrogens is 455 g/mol. The zero-order valence-corrected chi connectivity index (χ0v) is 19.8. The number of fused-ring (bicyclic) bond motifs is 5. The molecule has 2 aromatic rings. The molecule has 4 aliphatic heterocycles. The fraction of sp³-hybridized carbons (Fsp3) is 0.500. The van der Waals surface area contributed by atoms with Crippen molar-refractivity contribution in [1.29, 1.82) is 0 Å². The number of nitrogens with zero attached hydrogens (tertiary/aromatic N) is 1. The first kappa shape index (κ1) is 22.0. The number of carboxylic acid groups (broad SMARTS) is 1. The molecular formula is C26H29FN2O4S. The summed E-state index contributed by atoms with van der Waals surface area (Å²) in [4.78, 5) is 15.2. The minimum atomic E-state index is -1.74. The van der Waals surface area contributed by atoms with Gasteiger partial charge in [0.05, 0.1) is 17.2 Å². The van der Waals surface area contributed by atoms with Crippen molar-refractivity contribution in [3.05, 3.63) is 52.8 Å². The van der Waals surface area contributed by atoms with E-state index in [0.717, 1.165) is 56.4 Å². The summed E-state index contributed by atoms with van der Waals surface area (Å²) in [7, 11) is -1.74. The Balaban J connectivity index is 1.28. The predicted molar refractivity (Wildman–Crippen MR) is 127 cm³/mol. The van der Waals surface area contributed by atoms with Gasteiger partial charge in [-0.1, -0.05) is 6.07 Å². The Hall–Kier alpha value is -2.45. The molecule has 8 heteroatoms. The number of carboxylic acids is 1. The van der Waals surface area contributed by atoms with E-state index in [9.17, 15) is 18.5 Å². The monoisotopic (exact) mass is 484 g/mol. The van der Waals surface area contributed by atoms with Crippen molar-refractivity contribution < 1.29 is 23.2 Å². The first-order valence-electron chi connectivity index (χ1n) is 12.2. The van der Waals surface area contributed by atoms with Gasteiger partial charge in [-0.25, -0.2) is 13.4 Å². The van der Waals surface area contributed by atoms with Crippen molar-refractivity contribution in [2.75, 3.05) is 31.0 Å². The number of halogens is 1. The molecule has 0 radical (unpaired) electrons. The van der Waals surface area contributed by atoms with Crippen LogP contribution in [0.5, 0.6) is 5.75 Å². The van der Waals surface area contributed by atoms with Crippen LogP contribution in [0.4, 0.5) is 10.1 Å². The van der Waals surface area contributed by atoms with E-state index in [1.165, 1.54) is 12.1 Å². The minimum Gasteiger partial charge on any atom is -0.492 e. The number of ether oxygens (including phenoxy) is 1. The van der Waals surface area contributed by atoms with Crippen LogP contribution in [0.25, 0.3) is 0 Å². The SMILES string of the molecule is O=C(O)c1c(NS(=O)c2ccc(F)cc2CC2CN3CCC2CC3)ccc2c1OC[C@H]1CC1C2. The van der Waals surface area contributed by atoms with Gasteiger partial charge >= 0.3 is 5.97 Å². The Morgan fingerprint density at radius 1 is 1.18 bits per heavy atom. The molecule has 4 fully saturated rings. The second-order valence-corrected chi connectivity index (χ2v) is 11.5. The molecule has 1 aliphatic carbocycles. The van der Waals surface area contributed by atoms with E-state index in [1.807, 2.05) is 6.07 Å². The average molecular weight is 485 g/mol. The second-order valence-electron chi connectivity index (χ2n) is 10.3. The van der Waals surface area contributed by atoms with Crippen LogP contribution in [-0.4, -0.2) is 46.4 Å². The van der Waals surface area contributed by atoms with Crippen LogP contribution < -0.4 is 9.46 Å². The molecule has 34 heavy (non-hydrogen) atoms. The van der Waals surface area contributed by atoms with E-state index >= 15 is 0 Å². The maximum absolute atomic E-state index is 14.2. The molecule has 4 heterocycles. The lowest BCUT2D eigenvalue weighted by Gasteiger charge is -2.45. The highest BCUT2D eigenvalue weighted by Crippen LogP contribution is 2.47. The Bertz CT molecular complexity index is 1160.